The predicted octanol–water partition coefficient (Wildman–Crippen LogP) is 3.64. The molecule has 7 heteroatoms. The van der Waals surface area contributed by atoms with Gasteiger partial charge in [0.15, 0.2) is 0 Å². The molecule has 0 fully saturated rings. The molecule has 3 rings (SSSR count). The van der Waals surface area contributed by atoms with Gasteiger partial charge in [0.25, 0.3) is 5.91 Å². The van der Waals surface area contributed by atoms with Crippen LogP contribution in [0.2, 0.25) is 0 Å². The molecule has 0 aliphatic carbocycles. The highest BCUT2D eigenvalue weighted by molar-refractivity contribution is 6.02. The van der Waals surface area contributed by atoms with E-state index in [1.54, 1.807) is 20.3 Å². The number of methoxy groups -OCH3 is 1. The zero-order chi connectivity index (χ0) is 21.2. The van der Waals surface area contributed by atoms with Crippen LogP contribution in [0.4, 0.5) is 5.69 Å². The smallest absolute Gasteiger partial charge is 0.274 e. The number of hydrogen-bond acceptors (Lipinski definition) is 5. The van der Waals surface area contributed by atoms with Crippen LogP contribution in [0.15, 0.2) is 67.4 Å². The Morgan fingerprint density at radius 1 is 1.18 bits per heavy atom. The maximum absolute atomic E-state index is 11.6. The summed E-state index contributed by atoms with van der Waals surface area (Å²) in [6.07, 6.45) is 7.70. The number of aromatic nitrogens is 3. The van der Waals surface area contributed by atoms with Crippen molar-refractivity contribution in [3.63, 3.8) is 0 Å². The molecule has 2 heterocycles. The monoisotopic (exact) mass is 386 g/mol. The van der Waals surface area contributed by atoms with Crippen molar-refractivity contribution in [1.82, 2.24) is 14.5 Å². The number of rotatable bonds is 3. The second-order valence-corrected chi connectivity index (χ2v) is 5.36. The second kappa shape index (κ2) is 15.9. The van der Waals surface area contributed by atoms with E-state index in [-0.39, 0.29) is 7.33 Å². The maximum atomic E-state index is 11.6. The number of benzene rings is 1. The number of ether oxygens (including phenoxy) is 1. The molecule has 0 radical (unpaired) electrons. The van der Waals surface area contributed by atoms with Crippen LogP contribution in [-0.2, 0) is 23.0 Å². The number of amides is 1. The van der Waals surface area contributed by atoms with Crippen LogP contribution in [-0.4, -0.2) is 41.5 Å². The Labute approximate surface area is 167 Å². The molecule has 2 aromatic heterocycles. The minimum atomic E-state index is -0.233. The molecule has 0 atom stereocenters. The van der Waals surface area contributed by atoms with Crippen LogP contribution >= 0.6 is 0 Å². The lowest BCUT2D eigenvalue weighted by Crippen LogP contribution is -2.13. The molecule has 28 heavy (non-hydrogen) atoms. The Hall–Kier alpha value is -3.32. The summed E-state index contributed by atoms with van der Waals surface area (Å²) in [4.78, 5) is 27.2. The molecular formula is C21H30N4O3. The standard InChI is InChI=1S/C10H10N4O.C8H10.C2H6O.CH2O.H2/c1-14-5-3-8(6-14)13-10(15)9-2-4-11-7-12-9;1-2-8-6-4-3-5-7-8;1-3-2;1-2;/h2-7H,1H3,(H,13,15);3-7H,2H2,1H3;1-2H3;1H2;1H. The molecule has 0 saturated carbocycles. The molecule has 152 valence electrons. The fourth-order valence-corrected chi connectivity index (χ4v) is 1.91. The van der Waals surface area contributed by atoms with Gasteiger partial charge < -0.3 is 19.4 Å². The fourth-order valence-electron chi connectivity index (χ4n) is 1.91. The zero-order valence-corrected chi connectivity index (χ0v) is 16.8. The van der Waals surface area contributed by atoms with Crippen molar-refractivity contribution in [3.8, 4) is 0 Å². The molecule has 1 aromatic carbocycles. The van der Waals surface area contributed by atoms with Gasteiger partial charge in [0.05, 0.1) is 5.69 Å². The summed E-state index contributed by atoms with van der Waals surface area (Å²) in [5.74, 6) is -0.233. The minimum absolute atomic E-state index is 0. The highest BCUT2D eigenvalue weighted by Gasteiger charge is 2.06. The first-order valence-corrected chi connectivity index (χ1v) is 8.53. The van der Waals surface area contributed by atoms with Gasteiger partial charge in [0.1, 0.15) is 18.8 Å². The largest absolute Gasteiger partial charge is 0.388 e. The number of nitrogens with one attached hydrogen (secondary N) is 1. The summed E-state index contributed by atoms with van der Waals surface area (Å²) >= 11 is 0. The zero-order valence-electron chi connectivity index (χ0n) is 16.8. The normalized spacial score (nSPS) is 8.71. The average Bonchev–Trinajstić information content (AvgIpc) is 3.16. The molecule has 0 spiro atoms. The third kappa shape index (κ3) is 10.6. The van der Waals surface area contributed by atoms with E-state index in [2.05, 4.69) is 51.2 Å². The topological polar surface area (TPSA) is 86.1 Å². The van der Waals surface area contributed by atoms with Gasteiger partial charge in [-0.2, -0.15) is 0 Å². The second-order valence-electron chi connectivity index (χ2n) is 5.36. The quantitative estimate of drug-likeness (QED) is 0.743. The van der Waals surface area contributed by atoms with Crippen molar-refractivity contribution < 1.29 is 15.8 Å². The van der Waals surface area contributed by atoms with Crippen LogP contribution in [0.25, 0.3) is 0 Å². The van der Waals surface area contributed by atoms with Crippen LogP contribution in [0.1, 0.15) is 24.4 Å². The van der Waals surface area contributed by atoms with E-state index < -0.39 is 0 Å². The summed E-state index contributed by atoms with van der Waals surface area (Å²) < 4.78 is 6.11. The molecule has 0 bridgehead atoms. The van der Waals surface area contributed by atoms with E-state index in [1.165, 1.54) is 18.1 Å². The molecule has 0 aliphatic rings. The molecule has 0 aliphatic heterocycles. The minimum Gasteiger partial charge on any atom is -0.388 e. The maximum Gasteiger partial charge on any atom is 0.274 e. The van der Waals surface area contributed by atoms with E-state index in [4.69, 9.17) is 4.79 Å². The lowest BCUT2D eigenvalue weighted by atomic mass is 10.2. The first kappa shape index (κ1) is 24.7. The Morgan fingerprint density at radius 2 is 1.82 bits per heavy atom. The van der Waals surface area contributed by atoms with Crippen molar-refractivity contribution in [1.29, 1.82) is 0 Å². The number of carbonyl (C=O) groups excluding carboxylic acids is 2. The first-order valence-electron chi connectivity index (χ1n) is 8.53. The van der Waals surface area contributed by atoms with Crippen LogP contribution < -0.4 is 5.32 Å². The van der Waals surface area contributed by atoms with E-state index in [9.17, 15) is 4.79 Å². The van der Waals surface area contributed by atoms with E-state index >= 15 is 0 Å². The molecular weight excluding hydrogens is 356 g/mol. The number of aryl methyl sites for hydroxylation is 2. The fraction of sp³-hybridized carbons (Fsp3) is 0.238. The Balaban J connectivity index is 0. The molecule has 0 saturated heterocycles. The van der Waals surface area contributed by atoms with Gasteiger partial charge in [0.2, 0.25) is 0 Å². The number of carbonyl (C=O) groups is 2. The lowest BCUT2D eigenvalue weighted by molar-refractivity contribution is -0.0980. The van der Waals surface area contributed by atoms with Crippen molar-refractivity contribution in [3.05, 3.63) is 78.6 Å². The molecule has 7 nitrogen and oxygen atoms in total. The lowest BCUT2D eigenvalue weighted by Gasteiger charge is -2.00. The Bertz CT molecular complexity index is 768. The third-order valence-electron chi connectivity index (χ3n) is 3.16. The summed E-state index contributed by atoms with van der Waals surface area (Å²) in [5.41, 5.74) is 2.52. The van der Waals surface area contributed by atoms with Gasteiger partial charge in [-0.05, 0) is 24.1 Å². The summed E-state index contributed by atoms with van der Waals surface area (Å²) in [7, 11) is 5.14. The number of nitrogens with zero attached hydrogens (tertiary/aromatic N) is 3. The van der Waals surface area contributed by atoms with Crippen molar-refractivity contribution in [2.75, 3.05) is 19.5 Å². The third-order valence-corrected chi connectivity index (χ3v) is 3.16. The van der Waals surface area contributed by atoms with E-state index in [0.29, 0.717) is 5.69 Å². The first-order chi connectivity index (χ1) is 13.6. The Morgan fingerprint density at radius 3 is 2.25 bits per heavy atom. The summed E-state index contributed by atoms with van der Waals surface area (Å²) in [5, 5.41) is 2.73. The number of hydrogen-bond donors (Lipinski definition) is 1. The van der Waals surface area contributed by atoms with Gasteiger partial charge in [-0.25, -0.2) is 9.97 Å². The average molecular weight is 386 g/mol. The van der Waals surface area contributed by atoms with E-state index in [1.807, 2.05) is 42.9 Å². The summed E-state index contributed by atoms with van der Waals surface area (Å²) in [6.45, 7) is 4.16. The van der Waals surface area contributed by atoms with Crippen LogP contribution in [0, 0.1) is 0 Å². The van der Waals surface area contributed by atoms with Gasteiger partial charge in [0, 0.05) is 41.3 Å². The molecule has 3 aromatic rings. The highest BCUT2D eigenvalue weighted by atomic mass is 16.4. The number of anilines is 1. The van der Waals surface area contributed by atoms with Gasteiger partial charge in [-0.1, -0.05) is 37.3 Å². The van der Waals surface area contributed by atoms with Gasteiger partial charge >= 0.3 is 0 Å². The van der Waals surface area contributed by atoms with Crippen molar-refractivity contribution in [2.24, 2.45) is 7.05 Å². The van der Waals surface area contributed by atoms with E-state index in [0.717, 1.165) is 12.1 Å². The van der Waals surface area contributed by atoms with Crippen LogP contribution in [0.3, 0.4) is 0 Å². The van der Waals surface area contributed by atoms with Crippen molar-refractivity contribution >= 4 is 18.4 Å². The summed E-state index contributed by atoms with van der Waals surface area (Å²) in [6, 6.07) is 13.8. The molecule has 1 N–H and O–H groups in total. The van der Waals surface area contributed by atoms with Crippen molar-refractivity contribution in [2.45, 2.75) is 13.3 Å². The molecule has 0 unspecified atom stereocenters. The predicted molar refractivity (Wildman–Crippen MR) is 113 cm³/mol. The molecule has 1 amide bonds. The highest BCUT2D eigenvalue weighted by Crippen LogP contribution is 2.07. The van der Waals surface area contributed by atoms with Gasteiger partial charge in [-0.15, -0.1) is 0 Å². The van der Waals surface area contributed by atoms with Crippen LogP contribution in [0.5, 0.6) is 0 Å². The SMILES string of the molecule is C=O.CCc1ccccc1.COC.Cn1ccc(NC(=O)c2ccncn2)c1.[HH]. The van der Waals surface area contributed by atoms with Gasteiger partial charge in [-0.3, -0.25) is 4.79 Å². The Kier molecular flexibility index (Phi) is 14.0.